The van der Waals surface area contributed by atoms with E-state index in [2.05, 4.69) is 22.0 Å². The van der Waals surface area contributed by atoms with Gasteiger partial charge in [-0.1, -0.05) is 36.4 Å². The van der Waals surface area contributed by atoms with Gasteiger partial charge in [0, 0.05) is 24.2 Å². The van der Waals surface area contributed by atoms with E-state index in [1.165, 1.54) is 4.90 Å². The normalized spacial score (nSPS) is 17.8. The molecule has 0 spiro atoms. The third-order valence-electron chi connectivity index (χ3n) is 6.68. The maximum absolute atomic E-state index is 12.9. The minimum absolute atomic E-state index is 0.205. The Morgan fingerprint density at radius 3 is 2.54 bits per heavy atom. The van der Waals surface area contributed by atoms with Crippen LogP contribution < -0.4 is 16.0 Å². The van der Waals surface area contributed by atoms with E-state index in [0.29, 0.717) is 17.7 Å². The van der Waals surface area contributed by atoms with Crippen LogP contribution in [-0.2, 0) is 21.7 Å². The zero-order chi connectivity index (χ0) is 24.7. The van der Waals surface area contributed by atoms with Gasteiger partial charge in [-0.05, 0) is 66.4 Å². The number of hydrogen-bond donors (Lipinski definition) is 3. The number of carbonyl (C=O) groups excluding carboxylic acids is 4. The lowest BCUT2D eigenvalue weighted by molar-refractivity contribution is -0.136. The molecule has 0 radical (unpaired) electrons. The van der Waals surface area contributed by atoms with Gasteiger partial charge >= 0.3 is 6.03 Å². The van der Waals surface area contributed by atoms with Gasteiger partial charge < -0.3 is 15.5 Å². The Morgan fingerprint density at radius 2 is 1.77 bits per heavy atom. The van der Waals surface area contributed by atoms with Crippen molar-refractivity contribution < 1.29 is 19.2 Å². The predicted molar refractivity (Wildman–Crippen MR) is 132 cm³/mol. The molecule has 0 aliphatic carbocycles. The molecule has 2 heterocycles. The molecule has 1 saturated heterocycles. The first kappa shape index (κ1) is 22.6. The highest BCUT2D eigenvalue weighted by atomic mass is 16.2. The quantitative estimate of drug-likeness (QED) is 0.506. The molecule has 5 amide bonds. The van der Waals surface area contributed by atoms with E-state index in [1.807, 2.05) is 50.2 Å². The third kappa shape index (κ3) is 4.35. The molecule has 1 unspecified atom stereocenters. The second-order valence-electron chi connectivity index (χ2n) is 9.54. The molecular formula is C27H26N4O4. The molecule has 35 heavy (non-hydrogen) atoms. The summed E-state index contributed by atoms with van der Waals surface area (Å²) >= 11 is 0. The largest absolute Gasteiger partial charge is 0.329 e. The Hall–Kier alpha value is -4.20. The molecule has 0 aromatic heterocycles. The first-order chi connectivity index (χ1) is 16.7. The molecule has 8 nitrogen and oxygen atoms in total. The second kappa shape index (κ2) is 8.54. The lowest BCUT2D eigenvalue weighted by Crippen LogP contribution is -2.52. The highest BCUT2D eigenvalue weighted by molar-refractivity contribution is 6.05. The van der Waals surface area contributed by atoms with Crippen molar-refractivity contribution in [2.75, 3.05) is 5.32 Å². The molecule has 3 N–H and O–H groups in total. The number of imide groups is 1. The van der Waals surface area contributed by atoms with Crippen molar-refractivity contribution in [1.82, 2.24) is 15.5 Å². The van der Waals surface area contributed by atoms with Crippen LogP contribution in [0.25, 0.3) is 10.8 Å². The summed E-state index contributed by atoms with van der Waals surface area (Å²) in [5.74, 6) is -1.02. The lowest BCUT2D eigenvalue weighted by atomic mass is 9.92. The van der Waals surface area contributed by atoms with E-state index < -0.39 is 17.5 Å². The smallest absolute Gasteiger partial charge is 0.319 e. The van der Waals surface area contributed by atoms with Crippen molar-refractivity contribution in [3.8, 4) is 0 Å². The lowest BCUT2D eigenvalue weighted by Gasteiger charge is -2.29. The molecule has 1 fully saturated rings. The van der Waals surface area contributed by atoms with Crippen LogP contribution in [0.2, 0.25) is 0 Å². The van der Waals surface area contributed by atoms with Crippen LogP contribution in [0.4, 0.5) is 10.5 Å². The van der Waals surface area contributed by atoms with Gasteiger partial charge in [-0.15, -0.1) is 0 Å². The Balaban J connectivity index is 1.27. The molecule has 5 rings (SSSR count). The first-order valence-corrected chi connectivity index (χ1v) is 11.6. The number of nitrogens with one attached hydrogen (secondary N) is 3. The topological polar surface area (TPSA) is 108 Å². The Morgan fingerprint density at radius 1 is 1.00 bits per heavy atom. The Kier molecular flexibility index (Phi) is 5.51. The maximum Gasteiger partial charge on any atom is 0.319 e. The summed E-state index contributed by atoms with van der Waals surface area (Å²) in [5, 5.41) is 10.4. The average Bonchev–Trinajstić information content (AvgIpc) is 3.13. The van der Waals surface area contributed by atoms with Crippen LogP contribution in [0.1, 0.15) is 48.2 Å². The van der Waals surface area contributed by atoms with Crippen molar-refractivity contribution >= 4 is 40.2 Å². The highest BCUT2D eigenvalue weighted by Gasteiger charge is 2.39. The number of benzene rings is 3. The third-order valence-corrected chi connectivity index (χ3v) is 6.68. The zero-order valence-corrected chi connectivity index (χ0v) is 19.6. The van der Waals surface area contributed by atoms with Crippen LogP contribution in [0, 0.1) is 0 Å². The predicted octanol–water partition coefficient (Wildman–Crippen LogP) is 3.66. The summed E-state index contributed by atoms with van der Waals surface area (Å²) in [6, 6.07) is 18.2. The fourth-order valence-electron chi connectivity index (χ4n) is 4.75. The molecular weight excluding hydrogens is 444 g/mol. The van der Waals surface area contributed by atoms with Crippen LogP contribution in [0.5, 0.6) is 0 Å². The van der Waals surface area contributed by atoms with Gasteiger partial charge in [0.1, 0.15) is 6.04 Å². The zero-order valence-electron chi connectivity index (χ0n) is 19.6. The number of amides is 5. The summed E-state index contributed by atoms with van der Waals surface area (Å²) in [4.78, 5) is 50.9. The van der Waals surface area contributed by atoms with Gasteiger partial charge in [-0.2, -0.15) is 0 Å². The van der Waals surface area contributed by atoms with E-state index >= 15 is 0 Å². The maximum atomic E-state index is 12.9. The summed E-state index contributed by atoms with van der Waals surface area (Å²) < 4.78 is 0. The number of hydrogen-bond acceptors (Lipinski definition) is 4. The van der Waals surface area contributed by atoms with E-state index in [9.17, 15) is 19.2 Å². The molecule has 3 aromatic rings. The van der Waals surface area contributed by atoms with Crippen LogP contribution in [0.15, 0.2) is 60.7 Å². The van der Waals surface area contributed by atoms with Crippen LogP contribution in [-0.4, -0.2) is 34.7 Å². The van der Waals surface area contributed by atoms with Crippen molar-refractivity contribution in [3.05, 3.63) is 77.4 Å². The Bertz CT molecular complexity index is 1380. The monoisotopic (exact) mass is 470 g/mol. The fraction of sp³-hybridized carbons (Fsp3) is 0.259. The second-order valence-corrected chi connectivity index (χ2v) is 9.54. The number of anilines is 1. The number of rotatable bonds is 4. The van der Waals surface area contributed by atoms with Gasteiger partial charge in [0.15, 0.2) is 0 Å². The minimum atomic E-state index is -0.671. The molecule has 3 aromatic carbocycles. The molecule has 0 bridgehead atoms. The van der Waals surface area contributed by atoms with Crippen molar-refractivity contribution in [3.63, 3.8) is 0 Å². The summed E-state index contributed by atoms with van der Waals surface area (Å²) in [5.41, 5.74) is 2.13. The molecule has 0 saturated carbocycles. The van der Waals surface area contributed by atoms with E-state index in [1.54, 1.807) is 18.2 Å². The standard InChI is InChI=1S/C27H26N4O4/c1-27(2,19-8-7-16-5-3-4-6-17(16)13-19)30-26(35)28-20-9-10-21-18(14-20)15-31(25(21)34)22-11-12-23(32)29-24(22)33/h3-10,13-14,22H,11-12,15H2,1-2H3,(H2,28,30,35)(H,29,32,33). The molecule has 2 aliphatic rings. The number of urea groups is 1. The molecule has 178 valence electrons. The van der Waals surface area contributed by atoms with Gasteiger partial charge in [0.25, 0.3) is 5.91 Å². The Labute approximate surface area is 202 Å². The van der Waals surface area contributed by atoms with Gasteiger partial charge in [0.2, 0.25) is 11.8 Å². The number of carbonyl (C=O) groups is 4. The van der Waals surface area contributed by atoms with Crippen LogP contribution in [0.3, 0.4) is 0 Å². The van der Waals surface area contributed by atoms with Crippen LogP contribution >= 0.6 is 0 Å². The number of fused-ring (bicyclic) bond motifs is 2. The number of piperidine rings is 1. The summed E-state index contributed by atoms with van der Waals surface area (Å²) in [7, 11) is 0. The van der Waals surface area contributed by atoms with Gasteiger partial charge in [-0.25, -0.2) is 4.79 Å². The van der Waals surface area contributed by atoms with Gasteiger partial charge in [-0.3, -0.25) is 19.7 Å². The molecule has 1 atom stereocenters. The minimum Gasteiger partial charge on any atom is -0.329 e. The molecule has 8 heteroatoms. The van der Waals surface area contributed by atoms with E-state index in [4.69, 9.17) is 0 Å². The van der Waals surface area contributed by atoms with Gasteiger partial charge in [0.05, 0.1) is 5.54 Å². The molecule has 2 aliphatic heterocycles. The van der Waals surface area contributed by atoms with Crippen molar-refractivity contribution in [2.24, 2.45) is 0 Å². The average molecular weight is 471 g/mol. The highest BCUT2D eigenvalue weighted by Crippen LogP contribution is 2.30. The SMILES string of the molecule is CC(C)(NC(=O)Nc1ccc2c(c1)CN(C1CCC(=O)NC1=O)C2=O)c1ccc2ccccc2c1. The van der Waals surface area contributed by atoms with Crippen molar-refractivity contribution in [2.45, 2.75) is 44.8 Å². The summed E-state index contributed by atoms with van der Waals surface area (Å²) in [6.07, 6.45) is 0.512. The summed E-state index contributed by atoms with van der Waals surface area (Å²) in [6.45, 7) is 4.13. The van der Waals surface area contributed by atoms with Crippen molar-refractivity contribution in [1.29, 1.82) is 0 Å². The fourth-order valence-corrected chi connectivity index (χ4v) is 4.75. The first-order valence-electron chi connectivity index (χ1n) is 11.6. The van der Waals surface area contributed by atoms with E-state index in [-0.39, 0.29) is 30.8 Å². The van der Waals surface area contributed by atoms with E-state index in [0.717, 1.165) is 21.9 Å². The number of nitrogens with zero attached hydrogens (tertiary/aromatic N) is 1.